The fourth-order valence-electron chi connectivity index (χ4n) is 3.46. The Morgan fingerprint density at radius 2 is 2.14 bits per heavy atom. The summed E-state index contributed by atoms with van der Waals surface area (Å²) >= 11 is 0. The number of piperazine rings is 1. The van der Waals surface area contributed by atoms with Crippen molar-refractivity contribution >= 4 is 23.2 Å². The van der Waals surface area contributed by atoms with E-state index in [1.54, 1.807) is 16.7 Å². The highest BCUT2D eigenvalue weighted by Crippen LogP contribution is 2.34. The van der Waals surface area contributed by atoms with Crippen LogP contribution >= 0.6 is 0 Å². The van der Waals surface area contributed by atoms with Gasteiger partial charge in [-0.25, -0.2) is 9.18 Å². The summed E-state index contributed by atoms with van der Waals surface area (Å²) in [7, 11) is 0. The molecule has 0 aromatic heterocycles. The van der Waals surface area contributed by atoms with Crippen LogP contribution in [0, 0.1) is 15.9 Å². The number of carbonyl (C=O) groups excluding carboxylic acids is 1. The first-order chi connectivity index (χ1) is 13.5. The van der Waals surface area contributed by atoms with E-state index in [-0.39, 0.29) is 17.5 Å². The number of ether oxygens (including phenoxy) is 2. The monoisotopic (exact) mass is 396 g/mol. The summed E-state index contributed by atoms with van der Waals surface area (Å²) in [5, 5.41) is 14.5. The van der Waals surface area contributed by atoms with Gasteiger partial charge < -0.3 is 24.6 Å². The van der Waals surface area contributed by atoms with Gasteiger partial charge in [-0.05, 0) is 25.8 Å². The molecular weight excluding hydrogens is 371 g/mol. The van der Waals surface area contributed by atoms with Gasteiger partial charge in [0.05, 0.1) is 29.4 Å². The van der Waals surface area contributed by atoms with Crippen LogP contribution in [0.5, 0.6) is 0 Å². The zero-order valence-corrected chi connectivity index (χ0v) is 15.9. The van der Waals surface area contributed by atoms with Gasteiger partial charge in [0.25, 0.3) is 5.69 Å². The van der Waals surface area contributed by atoms with E-state index >= 15 is 0 Å². The van der Waals surface area contributed by atoms with Crippen LogP contribution in [0.4, 0.5) is 26.2 Å². The molecule has 1 aromatic rings. The number of amides is 1. The molecule has 2 saturated heterocycles. The Bertz CT molecular complexity index is 718. The second-order valence-electron chi connectivity index (χ2n) is 6.77. The quantitative estimate of drug-likeness (QED) is 0.583. The fourth-order valence-corrected chi connectivity index (χ4v) is 3.46. The number of nitrogens with zero attached hydrogens (tertiary/aromatic N) is 3. The molecule has 3 rings (SSSR count). The second-order valence-corrected chi connectivity index (χ2v) is 6.77. The van der Waals surface area contributed by atoms with E-state index in [1.807, 2.05) is 0 Å². The van der Waals surface area contributed by atoms with Crippen molar-refractivity contribution in [3.63, 3.8) is 0 Å². The molecule has 2 heterocycles. The third-order valence-corrected chi connectivity index (χ3v) is 4.95. The number of anilines is 2. The maximum absolute atomic E-state index is 14.4. The molecule has 28 heavy (non-hydrogen) atoms. The number of rotatable bonds is 6. The standard InChI is InChI=1S/C18H25FN4O5/c1-2-27-18(24)22-7-5-21(6-8-22)16-11-15(14(19)10-17(16)23(25)26)20-12-13-4-3-9-28-13/h10-11,13,20H,2-9,12H2,1H3. The predicted octanol–water partition coefficient (Wildman–Crippen LogP) is 2.60. The molecule has 2 fully saturated rings. The van der Waals surface area contributed by atoms with Crippen molar-refractivity contribution in [1.29, 1.82) is 0 Å². The Kier molecular flexibility index (Phi) is 6.50. The van der Waals surface area contributed by atoms with Crippen LogP contribution in [0.2, 0.25) is 0 Å². The Labute approximate surface area is 162 Å². The summed E-state index contributed by atoms with van der Waals surface area (Å²) in [5.41, 5.74) is 0.262. The average molecular weight is 396 g/mol. The van der Waals surface area contributed by atoms with E-state index in [9.17, 15) is 19.3 Å². The second kappa shape index (κ2) is 9.05. The van der Waals surface area contributed by atoms with Crippen LogP contribution in [0.25, 0.3) is 0 Å². The average Bonchev–Trinajstić information content (AvgIpc) is 3.20. The molecule has 1 amide bonds. The van der Waals surface area contributed by atoms with E-state index < -0.39 is 16.8 Å². The maximum Gasteiger partial charge on any atom is 0.409 e. The minimum Gasteiger partial charge on any atom is -0.450 e. The summed E-state index contributed by atoms with van der Waals surface area (Å²) in [5.74, 6) is -0.668. The van der Waals surface area contributed by atoms with E-state index in [2.05, 4.69) is 5.32 Å². The number of benzene rings is 1. The van der Waals surface area contributed by atoms with E-state index in [0.717, 1.165) is 18.9 Å². The number of nitrogens with one attached hydrogen (secondary N) is 1. The lowest BCUT2D eigenvalue weighted by Crippen LogP contribution is -2.49. The lowest BCUT2D eigenvalue weighted by atomic mass is 10.1. The molecule has 0 bridgehead atoms. The highest BCUT2D eigenvalue weighted by molar-refractivity contribution is 5.72. The first-order valence-corrected chi connectivity index (χ1v) is 9.49. The van der Waals surface area contributed by atoms with Crippen LogP contribution in [0.3, 0.4) is 0 Å². The molecule has 2 aliphatic rings. The Morgan fingerprint density at radius 1 is 1.39 bits per heavy atom. The largest absolute Gasteiger partial charge is 0.450 e. The molecule has 2 aliphatic heterocycles. The lowest BCUT2D eigenvalue weighted by Gasteiger charge is -2.35. The normalized spacial score (nSPS) is 19.6. The Morgan fingerprint density at radius 3 is 2.75 bits per heavy atom. The first-order valence-electron chi connectivity index (χ1n) is 9.49. The molecule has 0 saturated carbocycles. The molecular formula is C18H25FN4O5. The highest BCUT2D eigenvalue weighted by atomic mass is 19.1. The van der Waals surface area contributed by atoms with Crippen molar-refractivity contribution in [2.75, 3.05) is 56.2 Å². The van der Waals surface area contributed by atoms with Gasteiger partial charge in [0.2, 0.25) is 0 Å². The highest BCUT2D eigenvalue weighted by Gasteiger charge is 2.28. The predicted molar refractivity (Wildman–Crippen MR) is 101 cm³/mol. The summed E-state index contributed by atoms with van der Waals surface area (Å²) in [6, 6.07) is 2.42. The number of carbonyl (C=O) groups is 1. The number of nitro benzene ring substituents is 1. The molecule has 1 aromatic carbocycles. The van der Waals surface area contributed by atoms with Crippen molar-refractivity contribution in [1.82, 2.24) is 4.90 Å². The van der Waals surface area contributed by atoms with Gasteiger partial charge in [0, 0.05) is 39.3 Å². The summed E-state index contributed by atoms with van der Waals surface area (Å²) in [4.78, 5) is 26.0. The van der Waals surface area contributed by atoms with Gasteiger partial charge in [-0.2, -0.15) is 0 Å². The molecule has 1 N–H and O–H groups in total. The number of hydrogen-bond donors (Lipinski definition) is 1. The molecule has 0 radical (unpaired) electrons. The van der Waals surface area contributed by atoms with E-state index in [1.165, 1.54) is 6.07 Å². The molecule has 1 atom stereocenters. The van der Waals surface area contributed by atoms with E-state index in [4.69, 9.17) is 9.47 Å². The minimum atomic E-state index is -0.668. The van der Waals surface area contributed by atoms with Crippen LogP contribution < -0.4 is 10.2 Å². The van der Waals surface area contributed by atoms with Crippen molar-refractivity contribution in [3.05, 3.63) is 28.1 Å². The van der Waals surface area contributed by atoms with Crippen molar-refractivity contribution in [2.45, 2.75) is 25.9 Å². The summed E-state index contributed by atoms with van der Waals surface area (Å²) in [6.45, 7) is 4.74. The molecule has 1 unspecified atom stereocenters. The van der Waals surface area contributed by atoms with Gasteiger partial charge >= 0.3 is 6.09 Å². The minimum absolute atomic E-state index is 0.0196. The topological polar surface area (TPSA) is 97.2 Å². The molecule has 9 nitrogen and oxygen atoms in total. The number of halogens is 1. The van der Waals surface area contributed by atoms with Crippen LogP contribution in [-0.2, 0) is 9.47 Å². The van der Waals surface area contributed by atoms with E-state index in [0.29, 0.717) is 51.6 Å². The van der Waals surface area contributed by atoms with Crippen LogP contribution in [-0.4, -0.2) is 68.0 Å². The van der Waals surface area contributed by atoms with Crippen LogP contribution in [0.1, 0.15) is 19.8 Å². The van der Waals surface area contributed by atoms with Crippen LogP contribution in [0.15, 0.2) is 12.1 Å². The molecule has 154 valence electrons. The van der Waals surface area contributed by atoms with Gasteiger partial charge in [-0.3, -0.25) is 10.1 Å². The van der Waals surface area contributed by atoms with Crippen molar-refractivity contribution in [3.8, 4) is 0 Å². The zero-order valence-electron chi connectivity index (χ0n) is 15.9. The maximum atomic E-state index is 14.4. The fraction of sp³-hybridized carbons (Fsp3) is 0.611. The third kappa shape index (κ3) is 4.61. The molecule has 10 heteroatoms. The smallest absolute Gasteiger partial charge is 0.409 e. The van der Waals surface area contributed by atoms with Gasteiger partial charge in [0.15, 0.2) is 5.82 Å². The van der Waals surface area contributed by atoms with Gasteiger partial charge in [-0.1, -0.05) is 0 Å². The molecule has 0 aliphatic carbocycles. The summed E-state index contributed by atoms with van der Waals surface area (Å²) < 4.78 is 24.9. The number of nitro groups is 1. The Balaban J connectivity index is 1.74. The van der Waals surface area contributed by atoms with Crippen molar-refractivity contribution < 1.29 is 23.6 Å². The lowest BCUT2D eigenvalue weighted by molar-refractivity contribution is -0.384. The van der Waals surface area contributed by atoms with Crippen molar-refractivity contribution in [2.24, 2.45) is 0 Å². The summed E-state index contributed by atoms with van der Waals surface area (Å²) in [6.07, 6.45) is 1.51. The van der Waals surface area contributed by atoms with Gasteiger partial charge in [-0.15, -0.1) is 0 Å². The third-order valence-electron chi connectivity index (χ3n) is 4.95. The molecule has 0 spiro atoms. The number of hydrogen-bond acceptors (Lipinski definition) is 7. The zero-order chi connectivity index (χ0) is 20.1. The first kappa shape index (κ1) is 20.1. The Hall–Kier alpha value is -2.62. The SMILES string of the molecule is CCOC(=O)N1CCN(c2cc(NCC3CCCO3)c(F)cc2[N+](=O)[O-])CC1. The van der Waals surface area contributed by atoms with Gasteiger partial charge in [0.1, 0.15) is 5.69 Å².